The fraction of sp³-hybridized carbons (Fsp3) is 0.406. The van der Waals surface area contributed by atoms with Gasteiger partial charge < -0.3 is 20.5 Å². The van der Waals surface area contributed by atoms with Gasteiger partial charge in [-0.25, -0.2) is 0 Å². The van der Waals surface area contributed by atoms with Crippen molar-refractivity contribution in [2.75, 3.05) is 26.7 Å². The monoisotopic (exact) mass is 596 g/mol. The van der Waals surface area contributed by atoms with Gasteiger partial charge in [0.15, 0.2) is 0 Å². The first kappa shape index (κ1) is 30.5. The van der Waals surface area contributed by atoms with Crippen LogP contribution in [0.5, 0.6) is 5.75 Å². The van der Waals surface area contributed by atoms with Crippen molar-refractivity contribution < 1.29 is 32.6 Å². The predicted octanol–water partition coefficient (Wildman–Crippen LogP) is 4.53. The highest BCUT2D eigenvalue weighted by molar-refractivity contribution is 5.96. The van der Waals surface area contributed by atoms with Gasteiger partial charge in [0, 0.05) is 42.5 Å². The number of alkyl halides is 3. The maximum absolute atomic E-state index is 12.9. The number of amides is 2. The largest absolute Gasteiger partial charge is 0.497 e. The lowest BCUT2D eigenvalue weighted by Crippen LogP contribution is -2.45. The standard InChI is InChI=1S/C32H35F3N4O4/c1-43-27-8-5-21(6-9-27)23-7-10-28(36-18-23)31(42)14-11-26(12-15-31)39-16-13-25(20-39)38-29(40)19-37-30(41)22-3-2-4-24(17-22)32(33,34)35/h2-10,17-18,25-26,42H,11-16,19-20H2,1H3,(H,37,41)(H,38,40). The fourth-order valence-corrected chi connectivity index (χ4v) is 5.94. The normalized spacial score (nSPS) is 22.6. The van der Waals surface area contributed by atoms with E-state index in [1.807, 2.05) is 36.4 Å². The van der Waals surface area contributed by atoms with Gasteiger partial charge in [-0.3, -0.25) is 19.5 Å². The average molecular weight is 597 g/mol. The molecule has 1 atom stereocenters. The second-order valence-electron chi connectivity index (χ2n) is 11.2. The van der Waals surface area contributed by atoms with Crippen LogP contribution < -0.4 is 15.4 Å². The Bertz CT molecular complexity index is 1420. The van der Waals surface area contributed by atoms with Gasteiger partial charge in [0.25, 0.3) is 5.91 Å². The van der Waals surface area contributed by atoms with Crippen LogP contribution in [0.25, 0.3) is 11.1 Å². The summed E-state index contributed by atoms with van der Waals surface area (Å²) in [7, 11) is 1.63. The number of hydrogen-bond donors (Lipinski definition) is 3. The van der Waals surface area contributed by atoms with Crippen molar-refractivity contribution >= 4 is 11.8 Å². The molecule has 3 aromatic rings. The minimum Gasteiger partial charge on any atom is -0.497 e. The Morgan fingerprint density at radius 3 is 2.42 bits per heavy atom. The van der Waals surface area contributed by atoms with Crippen molar-refractivity contribution in [3.63, 3.8) is 0 Å². The molecule has 43 heavy (non-hydrogen) atoms. The van der Waals surface area contributed by atoms with E-state index in [0.29, 0.717) is 25.1 Å². The van der Waals surface area contributed by atoms with Crippen LogP contribution in [0.3, 0.4) is 0 Å². The zero-order valence-corrected chi connectivity index (χ0v) is 23.9. The Kier molecular flexibility index (Phi) is 9.03. The summed E-state index contributed by atoms with van der Waals surface area (Å²) in [5, 5.41) is 16.7. The number of likely N-dealkylation sites (tertiary alicyclic amines) is 1. The Hall–Kier alpha value is -3.96. The average Bonchev–Trinajstić information content (AvgIpc) is 3.48. The Morgan fingerprint density at radius 1 is 1.05 bits per heavy atom. The molecule has 0 spiro atoms. The van der Waals surface area contributed by atoms with Gasteiger partial charge in [0.2, 0.25) is 5.91 Å². The van der Waals surface area contributed by atoms with Crippen LogP contribution >= 0.6 is 0 Å². The number of nitrogens with one attached hydrogen (secondary N) is 2. The van der Waals surface area contributed by atoms with Crippen molar-refractivity contribution in [2.45, 2.75) is 56.0 Å². The van der Waals surface area contributed by atoms with E-state index in [-0.39, 0.29) is 24.2 Å². The van der Waals surface area contributed by atoms with E-state index in [2.05, 4.69) is 20.5 Å². The van der Waals surface area contributed by atoms with Crippen LogP contribution in [0.4, 0.5) is 13.2 Å². The fourth-order valence-electron chi connectivity index (χ4n) is 5.94. The lowest BCUT2D eigenvalue weighted by atomic mass is 9.79. The number of carbonyl (C=O) groups excluding carboxylic acids is 2. The Labute approximate surface area is 248 Å². The van der Waals surface area contributed by atoms with Crippen molar-refractivity contribution in [1.82, 2.24) is 20.5 Å². The van der Waals surface area contributed by atoms with Gasteiger partial charge in [-0.15, -0.1) is 0 Å². The quantitative estimate of drug-likeness (QED) is 0.353. The van der Waals surface area contributed by atoms with E-state index in [1.54, 1.807) is 13.3 Å². The molecule has 1 aliphatic carbocycles. The van der Waals surface area contributed by atoms with Gasteiger partial charge in [-0.05, 0) is 74.1 Å². The summed E-state index contributed by atoms with van der Waals surface area (Å²) in [5.41, 5.74) is 0.585. The predicted molar refractivity (Wildman–Crippen MR) is 154 cm³/mol. The third-order valence-corrected chi connectivity index (χ3v) is 8.41. The number of aliphatic hydroxyl groups is 1. The van der Waals surface area contributed by atoms with Crippen LogP contribution in [0.2, 0.25) is 0 Å². The minimum atomic E-state index is -4.56. The molecule has 3 N–H and O–H groups in total. The molecule has 0 radical (unpaired) electrons. The molecule has 8 nitrogen and oxygen atoms in total. The summed E-state index contributed by atoms with van der Waals surface area (Å²) in [6.07, 6.45) is 0.751. The van der Waals surface area contributed by atoms with E-state index in [9.17, 15) is 27.9 Å². The summed E-state index contributed by atoms with van der Waals surface area (Å²) < 4.78 is 44.0. The van der Waals surface area contributed by atoms with Crippen molar-refractivity contribution in [3.8, 4) is 16.9 Å². The zero-order chi connectivity index (χ0) is 30.6. The van der Waals surface area contributed by atoms with Crippen LogP contribution in [0.1, 0.15) is 53.7 Å². The van der Waals surface area contributed by atoms with Gasteiger partial charge in [-0.2, -0.15) is 13.2 Å². The Morgan fingerprint density at radius 2 is 1.77 bits per heavy atom. The Balaban J connectivity index is 1.07. The molecular formula is C32H35F3N4O4. The molecule has 1 aromatic heterocycles. The zero-order valence-electron chi connectivity index (χ0n) is 23.9. The number of ether oxygens (including phenoxy) is 1. The number of nitrogens with zero attached hydrogens (tertiary/aromatic N) is 2. The molecule has 2 aliphatic rings. The first-order chi connectivity index (χ1) is 20.5. The first-order valence-electron chi connectivity index (χ1n) is 14.4. The van der Waals surface area contributed by atoms with Crippen molar-refractivity contribution in [1.29, 1.82) is 0 Å². The van der Waals surface area contributed by atoms with Crippen LogP contribution in [-0.4, -0.2) is 65.6 Å². The number of halogens is 3. The summed E-state index contributed by atoms with van der Waals surface area (Å²) in [5.74, 6) is -0.352. The SMILES string of the molecule is COc1ccc(-c2ccc(C3(O)CCC(N4CCC(NC(=O)CNC(=O)c5cccc(C(F)(F)F)c5)C4)CC3)nc2)cc1. The molecule has 1 saturated heterocycles. The summed E-state index contributed by atoms with van der Waals surface area (Å²) in [4.78, 5) is 31.7. The molecule has 0 bridgehead atoms. The number of rotatable bonds is 8. The van der Waals surface area contributed by atoms with E-state index in [1.165, 1.54) is 6.07 Å². The number of benzene rings is 2. The summed E-state index contributed by atoms with van der Waals surface area (Å²) in [6.45, 7) is 1.14. The van der Waals surface area contributed by atoms with E-state index in [0.717, 1.165) is 60.9 Å². The van der Waals surface area contributed by atoms with Gasteiger partial charge >= 0.3 is 6.18 Å². The molecule has 2 fully saturated rings. The molecule has 2 heterocycles. The van der Waals surface area contributed by atoms with Crippen molar-refractivity contribution in [3.05, 3.63) is 83.7 Å². The minimum absolute atomic E-state index is 0.0917. The topological polar surface area (TPSA) is 104 Å². The smallest absolute Gasteiger partial charge is 0.416 e. The highest BCUT2D eigenvalue weighted by Gasteiger charge is 2.39. The maximum Gasteiger partial charge on any atom is 0.416 e. The number of hydrogen-bond acceptors (Lipinski definition) is 6. The van der Waals surface area contributed by atoms with Gasteiger partial charge in [-0.1, -0.05) is 24.3 Å². The van der Waals surface area contributed by atoms with Crippen LogP contribution in [0.15, 0.2) is 66.9 Å². The molecule has 5 rings (SSSR count). The molecule has 1 unspecified atom stereocenters. The summed E-state index contributed by atoms with van der Waals surface area (Å²) in [6, 6.07) is 15.9. The summed E-state index contributed by atoms with van der Waals surface area (Å²) >= 11 is 0. The number of methoxy groups -OCH3 is 1. The molecule has 2 aromatic carbocycles. The lowest BCUT2D eigenvalue weighted by molar-refractivity contribution is -0.137. The second-order valence-corrected chi connectivity index (χ2v) is 11.2. The molecular weight excluding hydrogens is 561 g/mol. The van der Waals surface area contributed by atoms with E-state index in [4.69, 9.17) is 4.74 Å². The number of pyridine rings is 1. The molecule has 11 heteroatoms. The van der Waals surface area contributed by atoms with E-state index >= 15 is 0 Å². The molecule has 228 valence electrons. The van der Waals surface area contributed by atoms with Gasteiger partial charge in [0.05, 0.1) is 24.9 Å². The van der Waals surface area contributed by atoms with Crippen molar-refractivity contribution in [2.24, 2.45) is 0 Å². The highest BCUT2D eigenvalue weighted by atomic mass is 19.4. The number of carbonyl (C=O) groups is 2. The highest BCUT2D eigenvalue weighted by Crippen LogP contribution is 2.39. The third-order valence-electron chi connectivity index (χ3n) is 8.41. The van der Waals surface area contributed by atoms with Crippen LogP contribution in [0, 0.1) is 0 Å². The molecule has 1 saturated carbocycles. The molecule has 1 aliphatic heterocycles. The van der Waals surface area contributed by atoms with Crippen LogP contribution in [-0.2, 0) is 16.6 Å². The number of aromatic nitrogens is 1. The van der Waals surface area contributed by atoms with Gasteiger partial charge in [0.1, 0.15) is 11.4 Å². The second kappa shape index (κ2) is 12.7. The molecule has 2 amide bonds. The van der Waals surface area contributed by atoms with E-state index < -0.39 is 29.2 Å². The maximum atomic E-state index is 12.9. The first-order valence-corrected chi connectivity index (χ1v) is 14.4. The third kappa shape index (κ3) is 7.34. The lowest BCUT2D eigenvalue weighted by Gasteiger charge is -2.39.